The molecular weight excluding hydrogens is 296 g/mol. The third-order valence-corrected chi connectivity index (χ3v) is 7.67. The van der Waals surface area contributed by atoms with E-state index in [9.17, 15) is 4.79 Å². The molecular formula is C22H34O2. The Hall–Kier alpha value is -1.05. The second-order valence-corrected chi connectivity index (χ2v) is 9.49. The van der Waals surface area contributed by atoms with E-state index >= 15 is 0 Å². The second-order valence-electron chi connectivity index (χ2n) is 9.49. The Kier molecular flexibility index (Phi) is 4.47. The van der Waals surface area contributed by atoms with Gasteiger partial charge in [0.1, 0.15) is 0 Å². The molecule has 24 heavy (non-hydrogen) atoms. The summed E-state index contributed by atoms with van der Waals surface area (Å²) in [5.41, 5.74) is 2.44. The van der Waals surface area contributed by atoms with Crippen LogP contribution in [0.3, 0.4) is 0 Å². The number of ether oxygens (including phenoxy) is 1. The van der Waals surface area contributed by atoms with Gasteiger partial charge in [0.2, 0.25) is 0 Å². The molecule has 0 N–H and O–H groups in total. The van der Waals surface area contributed by atoms with E-state index in [-0.39, 0.29) is 16.8 Å². The summed E-state index contributed by atoms with van der Waals surface area (Å²) in [6.45, 7) is 13.4. The molecule has 0 heterocycles. The smallest absolute Gasteiger partial charge is 0.302 e. The Labute approximate surface area is 147 Å². The van der Waals surface area contributed by atoms with Gasteiger partial charge < -0.3 is 4.74 Å². The van der Waals surface area contributed by atoms with Crippen molar-refractivity contribution in [1.82, 2.24) is 0 Å². The van der Waals surface area contributed by atoms with Crippen molar-refractivity contribution < 1.29 is 9.53 Å². The second kappa shape index (κ2) is 6.04. The maximum Gasteiger partial charge on any atom is 0.302 e. The number of hydrogen-bond donors (Lipinski definition) is 0. The molecule has 3 aliphatic rings. The SMILES string of the molecule is C=C[C@]1(C)CC[C@@H]2C(=CC[C@@H]3[C@](C)(COC(C)=O)CCC[C@@]23C)C1. The van der Waals surface area contributed by atoms with Crippen LogP contribution in [0.4, 0.5) is 0 Å². The predicted octanol–water partition coefficient (Wildman–Crippen LogP) is 5.68. The number of allylic oxidation sites excluding steroid dienone is 3. The largest absolute Gasteiger partial charge is 0.465 e. The lowest BCUT2D eigenvalue weighted by molar-refractivity contribution is -0.151. The van der Waals surface area contributed by atoms with Crippen LogP contribution in [0.2, 0.25) is 0 Å². The number of fused-ring (bicyclic) bond motifs is 3. The molecule has 3 rings (SSSR count). The summed E-state index contributed by atoms with van der Waals surface area (Å²) in [4.78, 5) is 11.4. The molecule has 0 aromatic carbocycles. The van der Waals surface area contributed by atoms with Gasteiger partial charge in [-0.25, -0.2) is 0 Å². The van der Waals surface area contributed by atoms with Gasteiger partial charge in [-0.1, -0.05) is 44.9 Å². The first-order valence-electron chi connectivity index (χ1n) is 9.68. The molecule has 0 unspecified atom stereocenters. The first-order valence-corrected chi connectivity index (χ1v) is 9.68. The Morgan fingerprint density at radius 1 is 1.33 bits per heavy atom. The van der Waals surface area contributed by atoms with E-state index in [4.69, 9.17) is 4.74 Å². The van der Waals surface area contributed by atoms with Crippen molar-refractivity contribution in [3.8, 4) is 0 Å². The van der Waals surface area contributed by atoms with Crippen molar-refractivity contribution in [3.05, 3.63) is 24.3 Å². The monoisotopic (exact) mass is 330 g/mol. The van der Waals surface area contributed by atoms with Crippen molar-refractivity contribution in [2.24, 2.45) is 28.1 Å². The zero-order valence-electron chi connectivity index (χ0n) is 16.0. The highest BCUT2D eigenvalue weighted by Gasteiger charge is 2.55. The lowest BCUT2D eigenvalue weighted by Gasteiger charge is -2.59. The molecule has 0 radical (unpaired) electrons. The molecule has 0 bridgehead atoms. The third-order valence-electron chi connectivity index (χ3n) is 7.67. The molecule has 0 amide bonds. The van der Waals surface area contributed by atoms with Crippen molar-refractivity contribution in [3.63, 3.8) is 0 Å². The van der Waals surface area contributed by atoms with Gasteiger partial charge in [0.05, 0.1) is 6.61 Å². The van der Waals surface area contributed by atoms with Gasteiger partial charge in [0.15, 0.2) is 0 Å². The van der Waals surface area contributed by atoms with Crippen LogP contribution in [0, 0.1) is 28.1 Å². The molecule has 2 nitrogen and oxygen atoms in total. The number of carbonyl (C=O) groups is 1. The van der Waals surface area contributed by atoms with E-state index in [0.717, 1.165) is 6.42 Å². The summed E-state index contributed by atoms with van der Waals surface area (Å²) in [6.07, 6.45) is 13.3. The highest BCUT2D eigenvalue weighted by Crippen LogP contribution is 2.63. The normalized spacial score (nSPS) is 44.8. The molecule has 0 spiro atoms. The van der Waals surface area contributed by atoms with Gasteiger partial charge in [-0.2, -0.15) is 0 Å². The van der Waals surface area contributed by atoms with Crippen LogP contribution >= 0.6 is 0 Å². The summed E-state index contributed by atoms with van der Waals surface area (Å²) in [5.74, 6) is 1.19. The highest BCUT2D eigenvalue weighted by atomic mass is 16.5. The molecule has 5 atom stereocenters. The number of hydrogen-bond acceptors (Lipinski definition) is 2. The Bertz CT molecular complexity index is 562. The molecule has 0 saturated heterocycles. The highest BCUT2D eigenvalue weighted by molar-refractivity contribution is 5.65. The summed E-state index contributed by atoms with van der Waals surface area (Å²) >= 11 is 0. The zero-order valence-corrected chi connectivity index (χ0v) is 16.0. The maximum atomic E-state index is 11.4. The van der Waals surface area contributed by atoms with Gasteiger partial charge in [-0.3, -0.25) is 4.79 Å². The lowest BCUT2D eigenvalue weighted by atomic mass is 9.45. The van der Waals surface area contributed by atoms with E-state index in [0.29, 0.717) is 23.9 Å². The van der Waals surface area contributed by atoms with Crippen LogP contribution in [-0.2, 0) is 9.53 Å². The van der Waals surface area contributed by atoms with E-state index in [1.165, 1.54) is 45.4 Å². The topological polar surface area (TPSA) is 26.3 Å². The average Bonchev–Trinajstić information content (AvgIpc) is 2.52. The van der Waals surface area contributed by atoms with Crippen LogP contribution in [0.1, 0.15) is 72.6 Å². The van der Waals surface area contributed by atoms with E-state index in [1.54, 1.807) is 5.57 Å². The van der Waals surface area contributed by atoms with Crippen molar-refractivity contribution in [2.75, 3.05) is 6.61 Å². The van der Waals surface area contributed by atoms with Gasteiger partial charge in [0.25, 0.3) is 0 Å². The molecule has 0 aliphatic heterocycles. The van der Waals surface area contributed by atoms with Gasteiger partial charge in [-0.05, 0) is 61.2 Å². The summed E-state index contributed by atoms with van der Waals surface area (Å²) < 4.78 is 5.49. The first-order chi connectivity index (χ1) is 11.2. The Balaban J connectivity index is 1.88. The number of carbonyl (C=O) groups excluding carboxylic acids is 1. The molecule has 0 aromatic rings. The number of esters is 1. The third kappa shape index (κ3) is 2.86. The van der Waals surface area contributed by atoms with E-state index in [2.05, 4.69) is 39.5 Å². The molecule has 2 heteroatoms. The average molecular weight is 331 g/mol. The van der Waals surface area contributed by atoms with Crippen molar-refractivity contribution in [2.45, 2.75) is 72.6 Å². The summed E-state index contributed by atoms with van der Waals surface area (Å²) in [6, 6.07) is 0. The molecule has 0 aromatic heterocycles. The van der Waals surface area contributed by atoms with Crippen LogP contribution < -0.4 is 0 Å². The van der Waals surface area contributed by atoms with Gasteiger partial charge in [0, 0.05) is 12.3 Å². The first kappa shape index (κ1) is 17.8. The maximum absolute atomic E-state index is 11.4. The minimum atomic E-state index is -0.144. The minimum Gasteiger partial charge on any atom is -0.465 e. The lowest BCUT2D eigenvalue weighted by Crippen LogP contribution is -2.52. The molecule has 2 saturated carbocycles. The van der Waals surface area contributed by atoms with Crippen LogP contribution in [-0.4, -0.2) is 12.6 Å². The Morgan fingerprint density at radius 3 is 2.75 bits per heavy atom. The standard InChI is InChI=1S/C22H34O2/c1-6-20(3)13-10-18-17(14-20)8-9-19-21(4,15-24-16(2)23)11-7-12-22(18,19)5/h6,8,18-19H,1,7,9-15H2,2-5H3/t18-,19-,20-,21+,22+/m1/s1. The van der Waals surface area contributed by atoms with Crippen molar-refractivity contribution >= 4 is 5.97 Å². The van der Waals surface area contributed by atoms with Gasteiger partial charge >= 0.3 is 5.97 Å². The van der Waals surface area contributed by atoms with E-state index in [1.807, 2.05) is 0 Å². The number of rotatable bonds is 3. The fourth-order valence-corrected chi connectivity index (χ4v) is 6.18. The fourth-order valence-electron chi connectivity index (χ4n) is 6.18. The Morgan fingerprint density at radius 2 is 2.08 bits per heavy atom. The summed E-state index contributed by atoms with van der Waals surface area (Å²) in [5, 5.41) is 0. The van der Waals surface area contributed by atoms with E-state index < -0.39 is 0 Å². The predicted molar refractivity (Wildman–Crippen MR) is 98.5 cm³/mol. The molecule has 134 valence electrons. The quantitative estimate of drug-likeness (QED) is 0.491. The van der Waals surface area contributed by atoms with Crippen LogP contribution in [0.25, 0.3) is 0 Å². The molecule has 3 aliphatic carbocycles. The summed E-state index contributed by atoms with van der Waals surface area (Å²) in [7, 11) is 0. The van der Waals surface area contributed by atoms with Crippen LogP contribution in [0.5, 0.6) is 0 Å². The van der Waals surface area contributed by atoms with Crippen molar-refractivity contribution in [1.29, 1.82) is 0 Å². The molecule has 2 fully saturated rings. The van der Waals surface area contributed by atoms with Crippen LogP contribution in [0.15, 0.2) is 24.3 Å². The van der Waals surface area contributed by atoms with Gasteiger partial charge in [-0.15, -0.1) is 6.58 Å². The zero-order chi connectivity index (χ0) is 17.6. The fraction of sp³-hybridized carbons (Fsp3) is 0.773. The minimum absolute atomic E-state index is 0.125.